The predicted octanol–water partition coefficient (Wildman–Crippen LogP) is 6.08. The zero-order chi connectivity index (χ0) is 22.2. The lowest BCUT2D eigenvalue weighted by molar-refractivity contribution is 0.0733. The average Bonchev–Trinajstić information content (AvgIpc) is 2.77. The molecule has 0 radical (unpaired) electrons. The van der Waals surface area contributed by atoms with Crippen LogP contribution in [0, 0.1) is 6.92 Å². The predicted molar refractivity (Wildman–Crippen MR) is 122 cm³/mol. The molecule has 0 fully saturated rings. The van der Waals surface area contributed by atoms with Crippen LogP contribution in [0.15, 0.2) is 60.7 Å². The van der Waals surface area contributed by atoms with Crippen LogP contribution in [-0.2, 0) is 0 Å². The summed E-state index contributed by atoms with van der Waals surface area (Å²) < 4.78 is 22.6. The number of hydrogen-bond donors (Lipinski definition) is 0. The monoisotopic (exact) mass is 420 g/mol. The maximum Gasteiger partial charge on any atom is 0.343 e. The topological polar surface area (TPSA) is 54.0 Å². The number of carbonyl (C=O) groups excluding carboxylic acids is 1. The van der Waals surface area contributed by atoms with E-state index in [0.29, 0.717) is 48.4 Å². The van der Waals surface area contributed by atoms with Gasteiger partial charge in [0.05, 0.1) is 25.4 Å². The van der Waals surface area contributed by atoms with Gasteiger partial charge in [-0.3, -0.25) is 0 Å². The summed E-state index contributed by atoms with van der Waals surface area (Å²) in [5.41, 5.74) is 3.70. The first-order valence-electron chi connectivity index (χ1n) is 10.5. The van der Waals surface area contributed by atoms with Gasteiger partial charge in [0.25, 0.3) is 0 Å². The third-order valence-corrected chi connectivity index (χ3v) is 4.59. The normalized spacial score (nSPS) is 10.5. The Morgan fingerprint density at radius 1 is 0.710 bits per heavy atom. The lowest BCUT2D eigenvalue weighted by Crippen LogP contribution is -2.11. The Bertz CT molecular complexity index is 980. The molecule has 0 bridgehead atoms. The highest BCUT2D eigenvalue weighted by atomic mass is 16.5. The molecule has 0 aliphatic heterocycles. The summed E-state index contributed by atoms with van der Waals surface area (Å²) in [4.78, 5) is 12.8. The second kappa shape index (κ2) is 10.5. The van der Waals surface area contributed by atoms with Crippen LogP contribution in [0.5, 0.6) is 23.0 Å². The number of ether oxygens (including phenoxy) is 4. The van der Waals surface area contributed by atoms with Gasteiger partial charge in [0.2, 0.25) is 5.75 Å². The van der Waals surface area contributed by atoms with Crippen molar-refractivity contribution in [3.05, 3.63) is 71.8 Å². The zero-order valence-corrected chi connectivity index (χ0v) is 18.4. The molecule has 3 aromatic rings. The molecular formula is C26H28O5. The fourth-order valence-electron chi connectivity index (χ4n) is 3.13. The molecule has 31 heavy (non-hydrogen) atoms. The third-order valence-electron chi connectivity index (χ3n) is 4.59. The summed E-state index contributed by atoms with van der Waals surface area (Å²) in [6.07, 6.45) is 0. The molecule has 0 spiro atoms. The Balaban J connectivity index is 1.82. The van der Waals surface area contributed by atoms with E-state index in [9.17, 15) is 4.79 Å². The third kappa shape index (κ3) is 5.57. The van der Waals surface area contributed by atoms with Crippen LogP contribution in [0.2, 0.25) is 0 Å². The zero-order valence-electron chi connectivity index (χ0n) is 18.4. The minimum absolute atomic E-state index is 0.331. The quantitative estimate of drug-likeness (QED) is 0.310. The SMILES string of the molecule is CCOc1cc(C(=O)Oc2ccc(-c3ccc(C)cc3)cc2)cc(OCC)c1OCC. The van der Waals surface area contributed by atoms with E-state index in [1.807, 2.05) is 32.9 Å². The number of hydrogen-bond acceptors (Lipinski definition) is 5. The van der Waals surface area contributed by atoms with E-state index in [-0.39, 0.29) is 0 Å². The molecule has 162 valence electrons. The maximum absolute atomic E-state index is 12.8. The molecule has 0 saturated heterocycles. The van der Waals surface area contributed by atoms with Crippen molar-refractivity contribution in [1.82, 2.24) is 0 Å². The van der Waals surface area contributed by atoms with E-state index >= 15 is 0 Å². The number of esters is 1. The molecule has 5 nitrogen and oxygen atoms in total. The highest BCUT2D eigenvalue weighted by Gasteiger charge is 2.19. The van der Waals surface area contributed by atoms with Crippen LogP contribution in [0.25, 0.3) is 11.1 Å². The Morgan fingerprint density at radius 2 is 1.19 bits per heavy atom. The fourth-order valence-corrected chi connectivity index (χ4v) is 3.13. The number of carbonyl (C=O) groups is 1. The summed E-state index contributed by atoms with van der Waals surface area (Å²) in [5.74, 6) is 1.37. The van der Waals surface area contributed by atoms with Gasteiger partial charge in [-0.05, 0) is 63.1 Å². The minimum Gasteiger partial charge on any atom is -0.490 e. The van der Waals surface area contributed by atoms with Gasteiger partial charge < -0.3 is 18.9 Å². The molecule has 0 saturated carbocycles. The van der Waals surface area contributed by atoms with Crippen molar-refractivity contribution >= 4 is 5.97 Å². The van der Waals surface area contributed by atoms with Crippen molar-refractivity contribution in [1.29, 1.82) is 0 Å². The van der Waals surface area contributed by atoms with Gasteiger partial charge in [0.15, 0.2) is 11.5 Å². The van der Waals surface area contributed by atoms with Gasteiger partial charge in [-0.1, -0.05) is 42.0 Å². The Kier molecular flexibility index (Phi) is 7.55. The van der Waals surface area contributed by atoms with Gasteiger partial charge in [0.1, 0.15) is 5.75 Å². The van der Waals surface area contributed by atoms with E-state index in [4.69, 9.17) is 18.9 Å². The van der Waals surface area contributed by atoms with Crippen molar-refractivity contribution in [2.45, 2.75) is 27.7 Å². The van der Waals surface area contributed by atoms with Crippen molar-refractivity contribution < 1.29 is 23.7 Å². The van der Waals surface area contributed by atoms with Gasteiger partial charge in [-0.2, -0.15) is 0 Å². The van der Waals surface area contributed by atoms with E-state index in [1.165, 1.54) is 5.56 Å². The summed E-state index contributed by atoms with van der Waals surface area (Å²) >= 11 is 0. The molecule has 0 N–H and O–H groups in total. The van der Waals surface area contributed by atoms with Gasteiger partial charge in [-0.15, -0.1) is 0 Å². The van der Waals surface area contributed by atoms with E-state index in [2.05, 4.69) is 31.2 Å². The van der Waals surface area contributed by atoms with Crippen molar-refractivity contribution in [3.8, 4) is 34.1 Å². The Morgan fingerprint density at radius 3 is 1.68 bits per heavy atom. The van der Waals surface area contributed by atoms with Crippen LogP contribution < -0.4 is 18.9 Å². The lowest BCUT2D eigenvalue weighted by Gasteiger charge is -2.16. The first kappa shape index (κ1) is 22.2. The molecule has 0 unspecified atom stereocenters. The van der Waals surface area contributed by atoms with Crippen LogP contribution in [0.3, 0.4) is 0 Å². The highest BCUT2D eigenvalue weighted by Crippen LogP contribution is 2.39. The number of benzene rings is 3. The maximum atomic E-state index is 12.8. The minimum atomic E-state index is -0.493. The molecule has 0 heterocycles. The van der Waals surface area contributed by atoms with Crippen LogP contribution >= 0.6 is 0 Å². The summed E-state index contributed by atoms with van der Waals surface area (Å²) in [7, 11) is 0. The summed E-state index contributed by atoms with van der Waals surface area (Å²) in [5, 5.41) is 0. The standard InChI is InChI=1S/C26H28O5/c1-5-28-23-16-21(17-24(29-6-2)25(23)30-7-3)26(27)31-22-14-12-20(13-15-22)19-10-8-18(4)9-11-19/h8-17H,5-7H2,1-4H3. The first-order valence-corrected chi connectivity index (χ1v) is 10.5. The van der Waals surface area contributed by atoms with E-state index < -0.39 is 5.97 Å². The number of rotatable bonds is 9. The van der Waals surface area contributed by atoms with Crippen LogP contribution in [-0.4, -0.2) is 25.8 Å². The molecular weight excluding hydrogens is 392 g/mol. The molecule has 0 aliphatic carbocycles. The average molecular weight is 421 g/mol. The van der Waals surface area contributed by atoms with E-state index in [1.54, 1.807) is 24.3 Å². The van der Waals surface area contributed by atoms with Crippen LogP contribution in [0.1, 0.15) is 36.7 Å². The highest BCUT2D eigenvalue weighted by molar-refractivity contribution is 5.92. The smallest absolute Gasteiger partial charge is 0.343 e. The molecule has 5 heteroatoms. The second-order valence-corrected chi connectivity index (χ2v) is 6.88. The van der Waals surface area contributed by atoms with Crippen molar-refractivity contribution in [3.63, 3.8) is 0 Å². The summed E-state index contributed by atoms with van der Waals surface area (Å²) in [6, 6.07) is 19.0. The molecule has 0 aromatic heterocycles. The fraction of sp³-hybridized carbons (Fsp3) is 0.269. The Labute approximate surface area is 183 Å². The molecule has 3 aromatic carbocycles. The number of aryl methyl sites for hydroxylation is 1. The van der Waals surface area contributed by atoms with Gasteiger partial charge in [-0.25, -0.2) is 4.79 Å². The first-order chi connectivity index (χ1) is 15.0. The van der Waals surface area contributed by atoms with Gasteiger partial charge >= 0.3 is 5.97 Å². The molecule has 3 rings (SSSR count). The van der Waals surface area contributed by atoms with Crippen molar-refractivity contribution in [2.24, 2.45) is 0 Å². The molecule has 0 atom stereocenters. The second-order valence-electron chi connectivity index (χ2n) is 6.88. The lowest BCUT2D eigenvalue weighted by atomic mass is 10.0. The van der Waals surface area contributed by atoms with E-state index in [0.717, 1.165) is 11.1 Å². The van der Waals surface area contributed by atoms with Gasteiger partial charge in [0, 0.05) is 0 Å². The Hall–Kier alpha value is -3.47. The van der Waals surface area contributed by atoms with Crippen molar-refractivity contribution in [2.75, 3.05) is 19.8 Å². The summed E-state index contributed by atoms with van der Waals surface area (Å²) in [6.45, 7) is 9.01. The molecule has 0 aliphatic rings. The van der Waals surface area contributed by atoms with Crippen LogP contribution in [0.4, 0.5) is 0 Å². The largest absolute Gasteiger partial charge is 0.490 e. The molecule has 0 amide bonds.